The van der Waals surface area contributed by atoms with Crippen molar-refractivity contribution in [2.24, 2.45) is 0 Å². The Kier molecular flexibility index (Phi) is 4.32. The van der Waals surface area contributed by atoms with Gasteiger partial charge in [-0.05, 0) is 0 Å². The van der Waals surface area contributed by atoms with Gasteiger partial charge in [-0.25, -0.2) is 9.97 Å². The molecule has 0 aliphatic heterocycles. The minimum atomic E-state index is -0.345. The molecule has 2 aromatic heterocycles. The molecule has 1 N–H and O–H groups in total. The van der Waals surface area contributed by atoms with Crippen molar-refractivity contribution in [2.75, 3.05) is 5.32 Å². The molecule has 3 rings (SSSR count). The summed E-state index contributed by atoms with van der Waals surface area (Å²) in [4.78, 5) is 20.3. The number of amides is 1. The molecule has 1 amide bonds. The summed E-state index contributed by atoms with van der Waals surface area (Å²) in [5, 5.41) is 22.9. The van der Waals surface area contributed by atoms with E-state index in [9.17, 15) is 4.79 Å². The minimum absolute atomic E-state index is 0.00547. The van der Waals surface area contributed by atoms with Crippen LogP contribution in [-0.4, -0.2) is 20.4 Å². The van der Waals surface area contributed by atoms with Gasteiger partial charge in [-0.15, -0.1) is 11.3 Å². The van der Waals surface area contributed by atoms with Gasteiger partial charge in [0.05, 0.1) is 12.0 Å². The van der Waals surface area contributed by atoms with Gasteiger partial charge >= 0.3 is 0 Å². The third kappa shape index (κ3) is 3.14. The first kappa shape index (κ1) is 15.4. The summed E-state index contributed by atoms with van der Waals surface area (Å²) >= 11 is 1.32. The second-order valence-electron chi connectivity index (χ2n) is 4.75. The summed E-state index contributed by atoms with van der Waals surface area (Å²) in [5.41, 5.74) is 1.82. The number of nitrogens with zero attached hydrogens (tertiary/aromatic N) is 5. The van der Waals surface area contributed by atoms with E-state index in [1.807, 2.05) is 47.9 Å². The van der Waals surface area contributed by atoms with Crippen LogP contribution in [0, 0.1) is 22.7 Å². The van der Waals surface area contributed by atoms with Crippen molar-refractivity contribution >= 4 is 22.4 Å². The van der Waals surface area contributed by atoms with Crippen LogP contribution in [0.1, 0.15) is 11.4 Å². The maximum atomic E-state index is 12.1. The number of anilines is 1. The summed E-state index contributed by atoms with van der Waals surface area (Å²) in [7, 11) is 0. The van der Waals surface area contributed by atoms with Crippen LogP contribution in [-0.2, 0) is 11.3 Å². The number of nitrogens with one attached hydrogen (secondary N) is 1. The summed E-state index contributed by atoms with van der Waals surface area (Å²) < 4.78 is 1.33. The molecule has 0 radical (unpaired) electrons. The summed E-state index contributed by atoms with van der Waals surface area (Å²) in [6.45, 7) is -0.113. The zero-order valence-electron chi connectivity index (χ0n) is 12.3. The molecule has 24 heavy (non-hydrogen) atoms. The molecule has 116 valence electrons. The Bertz CT molecular complexity index is 961. The average molecular weight is 334 g/mol. The van der Waals surface area contributed by atoms with Gasteiger partial charge in [-0.3, -0.25) is 4.79 Å². The van der Waals surface area contributed by atoms with Crippen LogP contribution in [0.3, 0.4) is 0 Å². The Labute approximate surface area is 141 Å². The maximum absolute atomic E-state index is 12.1. The first-order chi connectivity index (χ1) is 11.7. The van der Waals surface area contributed by atoms with E-state index in [4.69, 9.17) is 10.5 Å². The van der Waals surface area contributed by atoms with Crippen LogP contribution in [0.2, 0.25) is 0 Å². The fourth-order valence-electron chi connectivity index (χ4n) is 2.09. The highest BCUT2D eigenvalue weighted by Gasteiger charge is 2.14. The third-order valence-corrected chi connectivity index (χ3v) is 3.94. The molecular weight excluding hydrogens is 324 g/mol. The SMILES string of the molecule is N#Cc1ncn(CC(=O)Nc2nc(-c3ccccc3)cs2)c1C#N. The van der Waals surface area contributed by atoms with E-state index < -0.39 is 0 Å². The van der Waals surface area contributed by atoms with Gasteiger partial charge in [0.15, 0.2) is 16.5 Å². The molecular formula is C16H10N6OS. The van der Waals surface area contributed by atoms with Crippen molar-refractivity contribution in [3.8, 4) is 23.4 Å². The Balaban J connectivity index is 1.70. The fourth-order valence-corrected chi connectivity index (χ4v) is 2.82. The van der Waals surface area contributed by atoms with Gasteiger partial charge in [0.25, 0.3) is 0 Å². The van der Waals surface area contributed by atoms with Gasteiger partial charge in [0.2, 0.25) is 5.91 Å². The lowest BCUT2D eigenvalue weighted by atomic mass is 10.2. The minimum Gasteiger partial charge on any atom is -0.312 e. The lowest BCUT2D eigenvalue weighted by Gasteiger charge is -2.03. The summed E-state index contributed by atoms with van der Waals surface area (Å²) in [6.07, 6.45) is 1.30. The van der Waals surface area contributed by atoms with Crippen molar-refractivity contribution < 1.29 is 4.79 Å². The topological polar surface area (TPSA) is 107 Å². The van der Waals surface area contributed by atoms with Gasteiger partial charge < -0.3 is 9.88 Å². The first-order valence-electron chi connectivity index (χ1n) is 6.87. The second-order valence-corrected chi connectivity index (χ2v) is 5.60. The number of thiazole rings is 1. The average Bonchev–Trinajstić information content (AvgIpc) is 3.22. The Morgan fingerprint density at radius 2 is 2.04 bits per heavy atom. The molecule has 0 bridgehead atoms. The second kappa shape index (κ2) is 6.73. The van der Waals surface area contributed by atoms with Crippen LogP contribution in [0.25, 0.3) is 11.3 Å². The van der Waals surface area contributed by atoms with Crippen LogP contribution in [0.4, 0.5) is 5.13 Å². The standard InChI is InChI=1S/C16H10N6OS/c17-6-12-14(7-18)22(10-19-12)8-15(23)21-16-20-13(9-24-16)11-4-2-1-3-5-11/h1-5,9-10H,8H2,(H,20,21,23). The summed E-state index contributed by atoms with van der Waals surface area (Å²) in [6, 6.07) is 13.3. The van der Waals surface area contributed by atoms with Crippen molar-refractivity contribution in [3.05, 3.63) is 53.4 Å². The van der Waals surface area contributed by atoms with Crippen molar-refractivity contribution in [2.45, 2.75) is 6.54 Å². The number of hydrogen-bond donors (Lipinski definition) is 1. The van der Waals surface area contributed by atoms with Gasteiger partial charge in [0.1, 0.15) is 18.7 Å². The van der Waals surface area contributed by atoms with E-state index in [1.54, 1.807) is 0 Å². The maximum Gasteiger partial charge on any atom is 0.246 e. The predicted octanol–water partition coefficient (Wildman–Crippen LogP) is 2.39. The molecule has 1 aromatic carbocycles. The Morgan fingerprint density at radius 1 is 1.25 bits per heavy atom. The lowest BCUT2D eigenvalue weighted by molar-refractivity contribution is -0.116. The number of hydrogen-bond acceptors (Lipinski definition) is 6. The number of imidazole rings is 1. The predicted molar refractivity (Wildman–Crippen MR) is 87.8 cm³/mol. The van der Waals surface area contributed by atoms with Crippen LogP contribution >= 0.6 is 11.3 Å². The zero-order valence-corrected chi connectivity index (χ0v) is 13.1. The molecule has 0 saturated carbocycles. The quantitative estimate of drug-likeness (QED) is 0.788. The number of aromatic nitrogens is 3. The van der Waals surface area contributed by atoms with Crippen LogP contribution in [0.5, 0.6) is 0 Å². The molecule has 0 saturated heterocycles. The van der Waals surface area contributed by atoms with Crippen LogP contribution in [0.15, 0.2) is 42.0 Å². The lowest BCUT2D eigenvalue weighted by Crippen LogP contribution is -2.19. The molecule has 0 aliphatic carbocycles. The highest BCUT2D eigenvalue weighted by molar-refractivity contribution is 7.14. The van der Waals surface area contributed by atoms with Crippen molar-refractivity contribution in [3.63, 3.8) is 0 Å². The molecule has 2 heterocycles. The van der Waals surface area contributed by atoms with E-state index in [2.05, 4.69) is 15.3 Å². The normalized spacial score (nSPS) is 9.92. The smallest absolute Gasteiger partial charge is 0.246 e. The molecule has 3 aromatic rings. The molecule has 7 nitrogen and oxygen atoms in total. The summed E-state index contributed by atoms with van der Waals surface area (Å²) in [5.74, 6) is -0.345. The molecule has 0 fully saturated rings. The van der Waals surface area contributed by atoms with E-state index in [0.29, 0.717) is 5.13 Å². The number of carbonyl (C=O) groups is 1. The molecule has 0 atom stereocenters. The monoisotopic (exact) mass is 334 g/mol. The number of benzene rings is 1. The van der Waals surface area contributed by atoms with E-state index in [-0.39, 0.29) is 23.8 Å². The van der Waals surface area contributed by atoms with Gasteiger partial charge in [0, 0.05) is 10.9 Å². The van der Waals surface area contributed by atoms with E-state index >= 15 is 0 Å². The third-order valence-electron chi connectivity index (χ3n) is 3.18. The Hall–Kier alpha value is -3.49. The highest BCUT2D eigenvalue weighted by atomic mass is 32.1. The van der Waals surface area contributed by atoms with Crippen molar-refractivity contribution in [1.29, 1.82) is 10.5 Å². The van der Waals surface area contributed by atoms with Gasteiger partial charge in [-0.1, -0.05) is 30.3 Å². The van der Waals surface area contributed by atoms with Crippen molar-refractivity contribution in [1.82, 2.24) is 14.5 Å². The fraction of sp³-hybridized carbons (Fsp3) is 0.0625. The van der Waals surface area contributed by atoms with Crippen LogP contribution < -0.4 is 5.32 Å². The van der Waals surface area contributed by atoms with E-state index in [1.165, 1.54) is 22.2 Å². The molecule has 0 spiro atoms. The molecule has 8 heteroatoms. The first-order valence-corrected chi connectivity index (χ1v) is 7.75. The van der Waals surface area contributed by atoms with Gasteiger partial charge in [-0.2, -0.15) is 10.5 Å². The largest absolute Gasteiger partial charge is 0.312 e. The number of rotatable bonds is 4. The number of carbonyl (C=O) groups excluding carboxylic acids is 1. The number of nitriles is 2. The molecule has 0 aliphatic rings. The Morgan fingerprint density at radius 3 is 2.75 bits per heavy atom. The molecule has 0 unspecified atom stereocenters. The van der Waals surface area contributed by atoms with E-state index in [0.717, 1.165) is 11.3 Å². The highest BCUT2D eigenvalue weighted by Crippen LogP contribution is 2.24. The zero-order chi connectivity index (χ0) is 16.9.